The lowest BCUT2D eigenvalue weighted by molar-refractivity contribution is 0.0523. The topological polar surface area (TPSA) is 95.0 Å². The number of aryl methyl sites for hydroxylation is 1. The molecule has 4 rings (SSSR count). The number of amides is 1. The molecule has 0 fully saturated rings. The molecule has 1 aromatic carbocycles. The van der Waals surface area contributed by atoms with Gasteiger partial charge in [0.15, 0.2) is 5.49 Å². The Bertz CT molecular complexity index is 1560. The molecule has 0 radical (unpaired) electrons. The molecule has 0 spiro atoms. The molecule has 0 atom stereocenters. The Morgan fingerprint density at radius 1 is 1.06 bits per heavy atom. The quantitative estimate of drug-likeness (QED) is 0.216. The number of fused-ring (bicyclic) bond motifs is 2. The SMILES string of the molecule is CCCCCn1c(=NC(=O)c2ccccc2Cl)c(C(=O)OCC)cc2c(=O)n3ccccc3nc21. The maximum absolute atomic E-state index is 13.3. The van der Waals surface area contributed by atoms with E-state index in [9.17, 15) is 14.4 Å². The van der Waals surface area contributed by atoms with Gasteiger partial charge in [-0.15, -0.1) is 0 Å². The summed E-state index contributed by atoms with van der Waals surface area (Å²) in [7, 11) is 0. The maximum atomic E-state index is 13.3. The van der Waals surface area contributed by atoms with E-state index in [-0.39, 0.29) is 39.2 Å². The fourth-order valence-corrected chi connectivity index (χ4v) is 4.10. The van der Waals surface area contributed by atoms with E-state index in [1.54, 1.807) is 60.2 Å². The zero-order valence-electron chi connectivity index (χ0n) is 19.5. The normalized spacial score (nSPS) is 11.8. The third kappa shape index (κ3) is 4.88. The number of pyridine rings is 2. The fraction of sp³-hybridized carbons (Fsp3) is 0.269. The van der Waals surface area contributed by atoms with Gasteiger partial charge in [0.05, 0.1) is 22.6 Å². The number of nitrogens with zero attached hydrogens (tertiary/aromatic N) is 4. The van der Waals surface area contributed by atoms with E-state index in [4.69, 9.17) is 21.3 Å². The molecule has 0 aliphatic rings. The van der Waals surface area contributed by atoms with Gasteiger partial charge in [0, 0.05) is 12.7 Å². The summed E-state index contributed by atoms with van der Waals surface area (Å²) in [6.07, 6.45) is 4.22. The number of ether oxygens (including phenoxy) is 1. The number of carbonyl (C=O) groups is 2. The van der Waals surface area contributed by atoms with Crippen molar-refractivity contribution in [3.63, 3.8) is 0 Å². The molecule has 3 aromatic heterocycles. The fourth-order valence-electron chi connectivity index (χ4n) is 3.88. The maximum Gasteiger partial charge on any atom is 0.341 e. The summed E-state index contributed by atoms with van der Waals surface area (Å²) in [5.41, 5.74) is 0.771. The number of hydrogen-bond acceptors (Lipinski definition) is 5. The molecule has 4 aromatic rings. The van der Waals surface area contributed by atoms with Crippen molar-refractivity contribution >= 4 is 40.2 Å². The molecule has 3 heterocycles. The van der Waals surface area contributed by atoms with Gasteiger partial charge in [-0.2, -0.15) is 4.99 Å². The van der Waals surface area contributed by atoms with Crippen LogP contribution in [0.4, 0.5) is 0 Å². The lowest BCUT2D eigenvalue weighted by Gasteiger charge is -2.15. The molecule has 0 unspecified atom stereocenters. The largest absolute Gasteiger partial charge is 0.462 e. The van der Waals surface area contributed by atoms with Gasteiger partial charge in [0.1, 0.15) is 16.9 Å². The lowest BCUT2D eigenvalue weighted by Crippen LogP contribution is -2.33. The van der Waals surface area contributed by atoms with Gasteiger partial charge >= 0.3 is 5.97 Å². The van der Waals surface area contributed by atoms with Crippen LogP contribution in [0.25, 0.3) is 16.7 Å². The number of benzene rings is 1. The van der Waals surface area contributed by atoms with E-state index < -0.39 is 11.9 Å². The molecule has 0 aliphatic carbocycles. The second kappa shape index (κ2) is 10.7. The second-order valence-corrected chi connectivity index (χ2v) is 8.35. The van der Waals surface area contributed by atoms with E-state index in [0.29, 0.717) is 17.8 Å². The number of esters is 1. The highest BCUT2D eigenvalue weighted by Crippen LogP contribution is 2.17. The van der Waals surface area contributed by atoms with Crippen molar-refractivity contribution in [2.24, 2.45) is 4.99 Å². The number of carbonyl (C=O) groups excluding carboxylic acids is 2. The highest BCUT2D eigenvalue weighted by Gasteiger charge is 2.20. The van der Waals surface area contributed by atoms with Gasteiger partial charge in [-0.05, 0) is 43.7 Å². The number of rotatable bonds is 7. The molecule has 35 heavy (non-hydrogen) atoms. The Morgan fingerprint density at radius 2 is 1.83 bits per heavy atom. The molecule has 9 heteroatoms. The van der Waals surface area contributed by atoms with Crippen LogP contribution in [-0.2, 0) is 11.3 Å². The summed E-state index contributed by atoms with van der Waals surface area (Å²) in [6, 6.07) is 13.2. The Hall–Kier alpha value is -3.78. The van der Waals surface area contributed by atoms with Gasteiger partial charge in [0.2, 0.25) is 0 Å². The van der Waals surface area contributed by atoms with Gasteiger partial charge in [-0.3, -0.25) is 14.0 Å². The number of unbranched alkanes of at least 4 members (excludes halogenated alkanes) is 2. The summed E-state index contributed by atoms with van der Waals surface area (Å²) < 4.78 is 8.34. The Balaban J connectivity index is 2.10. The molecular formula is C26H25ClN4O4. The van der Waals surface area contributed by atoms with Crippen LogP contribution in [0.15, 0.2) is 64.5 Å². The van der Waals surface area contributed by atoms with Crippen LogP contribution >= 0.6 is 11.6 Å². The first-order valence-corrected chi connectivity index (χ1v) is 11.9. The third-order valence-electron chi connectivity index (χ3n) is 5.58. The number of aromatic nitrogens is 3. The van der Waals surface area contributed by atoms with Crippen LogP contribution in [-0.4, -0.2) is 32.4 Å². The van der Waals surface area contributed by atoms with Crippen LogP contribution in [0.3, 0.4) is 0 Å². The van der Waals surface area contributed by atoms with E-state index in [1.165, 1.54) is 10.5 Å². The van der Waals surface area contributed by atoms with Crippen LogP contribution in [0.5, 0.6) is 0 Å². The molecule has 0 saturated carbocycles. The summed E-state index contributed by atoms with van der Waals surface area (Å²) in [5.74, 6) is -1.29. The molecule has 0 saturated heterocycles. The molecule has 0 bridgehead atoms. The molecule has 180 valence electrons. The van der Waals surface area contributed by atoms with E-state index in [1.807, 2.05) is 0 Å². The molecular weight excluding hydrogens is 468 g/mol. The van der Waals surface area contributed by atoms with Crippen LogP contribution < -0.4 is 11.0 Å². The highest BCUT2D eigenvalue weighted by atomic mass is 35.5. The predicted molar refractivity (Wildman–Crippen MR) is 134 cm³/mol. The van der Waals surface area contributed by atoms with Crippen molar-refractivity contribution in [3.05, 3.63) is 86.7 Å². The third-order valence-corrected chi connectivity index (χ3v) is 5.91. The summed E-state index contributed by atoms with van der Waals surface area (Å²) in [5, 5.41) is 0.483. The average molecular weight is 493 g/mol. The smallest absolute Gasteiger partial charge is 0.341 e. The van der Waals surface area contributed by atoms with Crippen molar-refractivity contribution in [3.8, 4) is 0 Å². The van der Waals surface area contributed by atoms with Crippen molar-refractivity contribution in [1.82, 2.24) is 14.0 Å². The molecule has 0 N–H and O–H groups in total. The minimum atomic E-state index is -0.679. The minimum Gasteiger partial charge on any atom is -0.462 e. The van der Waals surface area contributed by atoms with Gasteiger partial charge < -0.3 is 9.30 Å². The lowest BCUT2D eigenvalue weighted by atomic mass is 10.1. The Kier molecular flexibility index (Phi) is 7.41. The van der Waals surface area contributed by atoms with E-state index in [2.05, 4.69) is 11.9 Å². The first-order chi connectivity index (χ1) is 17.0. The predicted octanol–water partition coefficient (Wildman–Crippen LogP) is 4.41. The van der Waals surface area contributed by atoms with Crippen LogP contribution in [0, 0.1) is 0 Å². The van der Waals surface area contributed by atoms with Gasteiger partial charge in [0.25, 0.3) is 11.5 Å². The van der Waals surface area contributed by atoms with E-state index in [0.717, 1.165) is 19.3 Å². The standard InChI is InChI=1S/C26H25ClN4O4/c1-3-5-9-15-31-22-18(25(33)30-14-10-8-13-21(30)28-22)16-19(26(34)35-4-2)23(31)29-24(32)17-11-6-7-12-20(17)27/h6-8,10-14,16H,3-5,9,15H2,1-2H3. The second-order valence-electron chi connectivity index (χ2n) is 7.94. The zero-order chi connectivity index (χ0) is 24.9. The van der Waals surface area contributed by atoms with Crippen molar-refractivity contribution in [2.45, 2.75) is 39.7 Å². The summed E-state index contributed by atoms with van der Waals surface area (Å²) in [6.45, 7) is 4.29. The summed E-state index contributed by atoms with van der Waals surface area (Å²) >= 11 is 6.23. The van der Waals surface area contributed by atoms with Crippen molar-refractivity contribution in [2.75, 3.05) is 6.61 Å². The zero-order valence-corrected chi connectivity index (χ0v) is 20.3. The Morgan fingerprint density at radius 3 is 2.57 bits per heavy atom. The van der Waals surface area contributed by atoms with Gasteiger partial charge in [-0.25, -0.2) is 9.78 Å². The monoisotopic (exact) mass is 492 g/mol. The number of hydrogen-bond donors (Lipinski definition) is 0. The van der Waals surface area contributed by atoms with Crippen molar-refractivity contribution < 1.29 is 14.3 Å². The molecule has 8 nitrogen and oxygen atoms in total. The first-order valence-electron chi connectivity index (χ1n) is 11.5. The molecule has 0 aliphatic heterocycles. The Labute approximate surface area is 206 Å². The van der Waals surface area contributed by atoms with Crippen LogP contribution in [0.2, 0.25) is 5.02 Å². The first kappa shape index (κ1) is 24.3. The van der Waals surface area contributed by atoms with E-state index >= 15 is 0 Å². The number of halogens is 1. The molecule has 1 amide bonds. The van der Waals surface area contributed by atoms with Crippen LogP contribution in [0.1, 0.15) is 53.8 Å². The average Bonchev–Trinajstić information content (AvgIpc) is 2.85. The summed E-state index contributed by atoms with van der Waals surface area (Å²) in [4.78, 5) is 48.5. The van der Waals surface area contributed by atoms with Gasteiger partial charge in [-0.1, -0.05) is 49.6 Å². The van der Waals surface area contributed by atoms with Crippen molar-refractivity contribution in [1.29, 1.82) is 0 Å². The highest BCUT2D eigenvalue weighted by molar-refractivity contribution is 6.33. The minimum absolute atomic E-state index is 0.0195.